The molecule has 0 saturated heterocycles. The first kappa shape index (κ1) is 12.7. The Balaban J connectivity index is 2.00. The van der Waals surface area contributed by atoms with E-state index in [-0.39, 0.29) is 0 Å². The van der Waals surface area contributed by atoms with Gasteiger partial charge in [0.1, 0.15) is 5.82 Å². The molecule has 1 aromatic carbocycles. The Morgan fingerprint density at radius 1 is 1.37 bits per heavy atom. The van der Waals surface area contributed by atoms with E-state index in [4.69, 9.17) is 10.7 Å². The standard InChI is InChI=1S/C16H23N3/c1-16(2)8-4-3-5-12(16)15-18-13-7-6-11(10-17)9-14(13)19-15/h6-7,9,12H,3-5,8,10,17H2,1-2H3,(H,18,19). The Morgan fingerprint density at radius 3 is 2.95 bits per heavy atom. The minimum absolute atomic E-state index is 0.350. The number of H-pyrrole nitrogens is 1. The monoisotopic (exact) mass is 257 g/mol. The molecule has 1 fully saturated rings. The molecule has 3 N–H and O–H groups in total. The van der Waals surface area contributed by atoms with Gasteiger partial charge in [-0.15, -0.1) is 0 Å². The number of aromatic nitrogens is 2. The summed E-state index contributed by atoms with van der Waals surface area (Å²) >= 11 is 0. The normalized spacial score (nSPS) is 22.8. The molecule has 102 valence electrons. The third kappa shape index (κ3) is 2.27. The molecule has 3 nitrogen and oxygen atoms in total. The zero-order valence-corrected chi connectivity index (χ0v) is 11.9. The van der Waals surface area contributed by atoms with Crippen molar-refractivity contribution in [1.82, 2.24) is 9.97 Å². The average molecular weight is 257 g/mol. The summed E-state index contributed by atoms with van der Waals surface area (Å²) in [7, 11) is 0. The van der Waals surface area contributed by atoms with Crippen molar-refractivity contribution in [3.8, 4) is 0 Å². The summed E-state index contributed by atoms with van der Waals surface area (Å²) in [5.41, 5.74) is 9.40. The summed E-state index contributed by atoms with van der Waals surface area (Å²) < 4.78 is 0. The van der Waals surface area contributed by atoms with Crippen LogP contribution in [0.4, 0.5) is 0 Å². The molecule has 0 amide bonds. The lowest BCUT2D eigenvalue weighted by atomic mass is 9.68. The minimum Gasteiger partial charge on any atom is -0.342 e. The third-order valence-electron chi connectivity index (χ3n) is 4.64. The smallest absolute Gasteiger partial charge is 0.110 e. The van der Waals surface area contributed by atoms with Crippen molar-refractivity contribution >= 4 is 11.0 Å². The van der Waals surface area contributed by atoms with E-state index < -0.39 is 0 Å². The van der Waals surface area contributed by atoms with Crippen LogP contribution in [0.25, 0.3) is 11.0 Å². The molecule has 3 rings (SSSR count). The van der Waals surface area contributed by atoms with Crippen LogP contribution in [0.2, 0.25) is 0 Å². The molecule has 1 aliphatic carbocycles. The number of imidazole rings is 1. The van der Waals surface area contributed by atoms with Crippen LogP contribution in [0.3, 0.4) is 0 Å². The summed E-state index contributed by atoms with van der Waals surface area (Å²) in [6, 6.07) is 6.27. The minimum atomic E-state index is 0.350. The third-order valence-corrected chi connectivity index (χ3v) is 4.64. The average Bonchev–Trinajstić information content (AvgIpc) is 2.80. The fourth-order valence-electron chi connectivity index (χ4n) is 3.37. The van der Waals surface area contributed by atoms with Gasteiger partial charge in [-0.1, -0.05) is 32.8 Å². The zero-order chi connectivity index (χ0) is 13.5. The molecule has 1 aromatic heterocycles. The van der Waals surface area contributed by atoms with Crippen LogP contribution < -0.4 is 5.73 Å². The number of nitrogens with zero attached hydrogens (tertiary/aromatic N) is 1. The highest BCUT2D eigenvalue weighted by Crippen LogP contribution is 2.46. The van der Waals surface area contributed by atoms with Gasteiger partial charge in [0.05, 0.1) is 11.0 Å². The Hall–Kier alpha value is -1.35. The first-order valence-corrected chi connectivity index (χ1v) is 7.29. The molecule has 0 radical (unpaired) electrons. The van der Waals surface area contributed by atoms with Gasteiger partial charge in [0.25, 0.3) is 0 Å². The number of nitrogens with two attached hydrogens (primary N) is 1. The van der Waals surface area contributed by atoms with Crippen molar-refractivity contribution in [2.75, 3.05) is 0 Å². The maximum absolute atomic E-state index is 5.70. The second-order valence-electron chi connectivity index (χ2n) is 6.46. The Labute approximate surface area is 114 Å². The summed E-state index contributed by atoms with van der Waals surface area (Å²) in [5.74, 6) is 1.71. The fourth-order valence-corrected chi connectivity index (χ4v) is 3.37. The van der Waals surface area contributed by atoms with E-state index in [0.717, 1.165) is 22.4 Å². The molecule has 2 aromatic rings. The van der Waals surface area contributed by atoms with Crippen LogP contribution in [0.1, 0.15) is 56.8 Å². The highest BCUT2D eigenvalue weighted by molar-refractivity contribution is 5.76. The van der Waals surface area contributed by atoms with Gasteiger partial charge in [-0.05, 0) is 36.0 Å². The first-order chi connectivity index (χ1) is 9.10. The van der Waals surface area contributed by atoms with E-state index in [0.29, 0.717) is 17.9 Å². The predicted octanol–water partition coefficient (Wildman–Crippen LogP) is 3.71. The molecule has 3 heteroatoms. The number of aromatic amines is 1. The van der Waals surface area contributed by atoms with Gasteiger partial charge in [0.15, 0.2) is 0 Å². The molecule has 0 bridgehead atoms. The summed E-state index contributed by atoms with van der Waals surface area (Å²) in [4.78, 5) is 8.34. The van der Waals surface area contributed by atoms with Crippen molar-refractivity contribution in [1.29, 1.82) is 0 Å². The lowest BCUT2D eigenvalue weighted by molar-refractivity contribution is 0.193. The van der Waals surface area contributed by atoms with Crippen LogP contribution in [0.15, 0.2) is 18.2 Å². The molecular weight excluding hydrogens is 234 g/mol. The number of hydrogen-bond acceptors (Lipinski definition) is 2. The van der Waals surface area contributed by atoms with E-state index >= 15 is 0 Å². The molecule has 1 heterocycles. The quantitative estimate of drug-likeness (QED) is 0.861. The van der Waals surface area contributed by atoms with Gasteiger partial charge < -0.3 is 10.7 Å². The van der Waals surface area contributed by atoms with Crippen LogP contribution in [0, 0.1) is 5.41 Å². The molecular formula is C16H23N3. The number of benzene rings is 1. The van der Waals surface area contributed by atoms with Crippen molar-refractivity contribution in [3.63, 3.8) is 0 Å². The molecule has 0 aliphatic heterocycles. The number of rotatable bonds is 2. The van der Waals surface area contributed by atoms with Crippen LogP contribution in [-0.4, -0.2) is 9.97 Å². The van der Waals surface area contributed by atoms with Gasteiger partial charge in [-0.3, -0.25) is 0 Å². The second kappa shape index (κ2) is 4.64. The van der Waals surface area contributed by atoms with E-state index in [1.807, 2.05) is 0 Å². The zero-order valence-electron chi connectivity index (χ0n) is 11.9. The summed E-state index contributed by atoms with van der Waals surface area (Å²) in [6.45, 7) is 5.32. The largest absolute Gasteiger partial charge is 0.342 e. The predicted molar refractivity (Wildman–Crippen MR) is 79.0 cm³/mol. The van der Waals surface area contributed by atoms with Crippen LogP contribution in [0.5, 0.6) is 0 Å². The van der Waals surface area contributed by atoms with E-state index in [2.05, 4.69) is 37.0 Å². The number of hydrogen-bond donors (Lipinski definition) is 2. The molecule has 1 unspecified atom stereocenters. The molecule has 19 heavy (non-hydrogen) atoms. The molecule has 1 aliphatic rings. The van der Waals surface area contributed by atoms with Gasteiger partial charge in [0.2, 0.25) is 0 Å². The number of fused-ring (bicyclic) bond motifs is 1. The molecule has 1 atom stereocenters. The maximum Gasteiger partial charge on any atom is 0.110 e. The molecule has 0 spiro atoms. The first-order valence-electron chi connectivity index (χ1n) is 7.29. The lowest BCUT2D eigenvalue weighted by Crippen LogP contribution is -2.26. The second-order valence-corrected chi connectivity index (χ2v) is 6.46. The van der Waals surface area contributed by atoms with Crippen molar-refractivity contribution in [3.05, 3.63) is 29.6 Å². The number of nitrogens with one attached hydrogen (secondary N) is 1. The van der Waals surface area contributed by atoms with Crippen LogP contribution >= 0.6 is 0 Å². The van der Waals surface area contributed by atoms with Gasteiger partial charge >= 0.3 is 0 Å². The van der Waals surface area contributed by atoms with Gasteiger partial charge in [-0.2, -0.15) is 0 Å². The lowest BCUT2D eigenvalue weighted by Gasteiger charge is -2.37. The van der Waals surface area contributed by atoms with Crippen LogP contribution in [-0.2, 0) is 6.54 Å². The van der Waals surface area contributed by atoms with Crippen molar-refractivity contribution in [2.45, 2.75) is 52.0 Å². The van der Waals surface area contributed by atoms with Crippen molar-refractivity contribution < 1.29 is 0 Å². The summed E-state index contributed by atoms with van der Waals surface area (Å²) in [5, 5.41) is 0. The summed E-state index contributed by atoms with van der Waals surface area (Å²) in [6.07, 6.45) is 5.21. The van der Waals surface area contributed by atoms with Crippen molar-refractivity contribution in [2.24, 2.45) is 11.1 Å². The van der Waals surface area contributed by atoms with Gasteiger partial charge in [-0.25, -0.2) is 4.98 Å². The Kier molecular flexibility index (Phi) is 3.09. The topological polar surface area (TPSA) is 54.7 Å². The highest BCUT2D eigenvalue weighted by Gasteiger charge is 2.35. The highest BCUT2D eigenvalue weighted by atomic mass is 14.9. The maximum atomic E-state index is 5.70. The SMILES string of the molecule is CC1(C)CCCCC1c1nc2ccc(CN)cc2[nH]1. The van der Waals surface area contributed by atoms with E-state index in [1.165, 1.54) is 25.7 Å². The fraction of sp³-hybridized carbons (Fsp3) is 0.562. The van der Waals surface area contributed by atoms with Gasteiger partial charge in [0, 0.05) is 12.5 Å². The molecule has 1 saturated carbocycles. The Bertz CT molecular complexity index is 583. The van der Waals surface area contributed by atoms with E-state index in [1.54, 1.807) is 0 Å². The Morgan fingerprint density at radius 2 is 2.21 bits per heavy atom. The van der Waals surface area contributed by atoms with E-state index in [9.17, 15) is 0 Å².